The Hall–Kier alpha value is -3.29. The molecule has 2 aromatic carbocycles. The predicted octanol–water partition coefficient (Wildman–Crippen LogP) is 2.10. The Kier molecular flexibility index (Phi) is 4.66. The van der Waals surface area contributed by atoms with E-state index in [1.54, 1.807) is 31.2 Å². The number of nitrogens with one attached hydrogen (secondary N) is 1. The first-order valence-electron chi connectivity index (χ1n) is 7.89. The van der Waals surface area contributed by atoms with Crippen LogP contribution in [0.25, 0.3) is 10.9 Å². The number of aromatic nitrogens is 2. The summed E-state index contributed by atoms with van der Waals surface area (Å²) in [5, 5.41) is 2.54. The fourth-order valence-corrected chi connectivity index (χ4v) is 2.74. The normalized spacial score (nSPS) is 10.9. The van der Waals surface area contributed by atoms with Crippen molar-refractivity contribution in [3.8, 4) is 0 Å². The summed E-state index contributed by atoms with van der Waals surface area (Å²) >= 11 is 0. The van der Waals surface area contributed by atoms with E-state index in [0.29, 0.717) is 23.5 Å². The molecule has 1 N–H and O–H groups in total. The maximum Gasteiger partial charge on any atom is 0.331 e. The van der Waals surface area contributed by atoms with Gasteiger partial charge in [0, 0.05) is 12.6 Å². The fourth-order valence-electron chi connectivity index (χ4n) is 2.74. The lowest BCUT2D eigenvalue weighted by Crippen LogP contribution is -2.42. The van der Waals surface area contributed by atoms with Gasteiger partial charge in [-0.25, -0.2) is 13.6 Å². The summed E-state index contributed by atoms with van der Waals surface area (Å²) in [4.78, 5) is 37.3. The van der Waals surface area contributed by atoms with Gasteiger partial charge in [-0.3, -0.25) is 18.7 Å². The number of rotatable bonds is 4. The third-order valence-corrected chi connectivity index (χ3v) is 3.96. The Balaban J connectivity index is 1.99. The zero-order chi connectivity index (χ0) is 18.8. The van der Waals surface area contributed by atoms with Crippen molar-refractivity contribution in [2.45, 2.75) is 20.0 Å². The van der Waals surface area contributed by atoms with E-state index in [1.807, 2.05) is 0 Å². The maximum absolute atomic E-state index is 13.6. The highest BCUT2D eigenvalue weighted by Crippen LogP contribution is 2.14. The van der Waals surface area contributed by atoms with Crippen LogP contribution in [0.15, 0.2) is 52.1 Å². The molecule has 0 saturated heterocycles. The molecule has 1 heterocycles. The average Bonchev–Trinajstić information content (AvgIpc) is 2.61. The quantitative estimate of drug-likeness (QED) is 0.775. The molecular weight excluding hydrogens is 344 g/mol. The minimum Gasteiger partial charge on any atom is -0.322 e. The predicted molar refractivity (Wildman–Crippen MR) is 93.1 cm³/mol. The Morgan fingerprint density at radius 1 is 1.08 bits per heavy atom. The maximum atomic E-state index is 13.6. The van der Waals surface area contributed by atoms with Crippen LogP contribution in [0.5, 0.6) is 0 Å². The van der Waals surface area contributed by atoms with Crippen LogP contribution in [0.2, 0.25) is 0 Å². The highest BCUT2D eigenvalue weighted by molar-refractivity contribution is 5.90. The molecule has 3 aromatic rings. The van der Waals surface area contributed by atoms with E-state index in [1.165, 1.54) is 4.57 Å². The number of carbonyl (C=O) groups excluding carboxylic acids is 1. The number of anilines is 1. The van der Waals surface area contributed by atoms with Gasteiger partial charge in [-0.2, -0.15) is 0 Å². The lowest BCUT2D eigenvalue weighted by molar-refractivity contribution is -0.116. The lowest BCUT2D eigenvalue weighted by atomic mass is 10.2. The van der Waals surface area contributed by atoms with E-state index < -0.39 is 35.3 Å². The van der Waals surface area contributed by atoms with E-state index >= 15 is 0 Å². The molecule has 6 nitrogen and oxygen atoms in total. The van der Waals surface area contributed by atoms with E-state index in [0.717, 1.165) is 16.7 Å². The number of carbonyl (C=O) groups is 1. The van der Waals surface area contributed by atoms with Gasteiger partial charge >= 0.3 is 5.69 Å². The summed E-state index contributed by atoms with van der Waals surface area (Å²) in [5.41, 5.74) is -0.997. The van der Waals surface area contributed by atoms with Crippen molar-refractivity contribution >= 4 is 22.5 Å². The van der Waals surface area contributed by atoms with Gasteiger partial charge in [-0.1, -0.05) is 12.1 Å². The van der Waals surface area contributed by atoms with Crippen LogP contribution in [0.3, 0.4) is 0 Å². The van der Waals surface area contributed by atoms with E-state index in [-0.39, 0.29) is 5.69 Å². The Bertz CT molecular complexity index is 1120. The van der Waals surface area contributed by atoms with Crippen molar-refractivity contribution in [1.82, 2.24) is 9.13 Å². The summed E-state index contributed by atoms with van der Waals surface area (Å²) in [6.45, 7) is 1.48. The summed E-state index contributed by atoms with van der Waals surface area (Å²) in [6, 6.07) is 9.27. The van der Waals surface area contributed by atoms with E-state index in [2.05, 4.69) is 5.32 Å². The largest absolute Gasteiger partial charge is 0.331 e. The second-order valence-electron chi connectivity index (χ2n) is 5.61. The van der Waals surface area contributed by atoms with Gasteiger partial charge in [0.05, 0.1) is 16.6 Å². The first kappa shape index (κ1) is 17.5. The second kappa shape index (κ2) is 6.91. The van der Waals surface area contributed by atoms with Gasteiger partial charge in [0.1, 0.15) is 18.2 Å². The smallest absolute Gasteiger partial charge is 0.322 e. The number of hydrogen-bond donors (Lipinski definition) is 1. The fraction of sp³-hybridized carbons (Fsp3) is 0.167. The zero-order valence-electron chi connectivity index (χ0n) is 13.8. The molecule has 0 aliphatic heterocycles. The minimum absolute atomic E-state index is 0.235. The molecule has 0 saturated carbocycles. The lowest BCUT2D eigenvalue weighted by Gasteiger charge is -2.12. The Morgan fingerprint density at radius 2 is 1.81 bits per heavy atom. The van der Waals surface area contributed by atoms with Crippen molar-refractivity contribution < 1.29 is 13.6 Å². The molecule has 1 aromatic heterocycles. The Morgan fingerprint density at radius 3 is 2.50 bits per heavy atom. The molecule has 0 unspecified atom stereocenters. The van der Waals surface area contributed by atoms with Crippen LogP contribution in [0, 0.1) is 11.6 Å². The van der Waals surface area contributed by atoms with Gasteiger partial charge in [0.2, 0.25) is 5.91 Å². The molecule has 0 bridgehead atoms. The number of fused-ring (bicyclic) bond motifs is 1. The molecule has 0 spiro atoms. The summed E-state index contributed by atoms with van der Waals surface area (Å²) < 4.78 is 28.7. The average molecular weight is 359 g/mol. The van der Waals surface area contributed by atoms with Crippen molar-refractivity contribution in [1.29, 1.82) is 0 Å². The molecule has 0 aliphatic carbocycles. The third kappa shape index (κ3) is 3.13. The number of benzene rings is 2. The van der Waals surface area contributed by atoms with Crippen LogP contribution < -0.4 is 16.6 Å². The topological polar surface area (TPSA) is 73.1 Å². The molecule has 134 valence electrons. The van der Waals surface area contributed by atoms with E-state index in [9.17, 15) is 23.2 Å². The number of aryl methyl sites for hydroxylation is 1. The van der Waals surface area contributed by atoms with Crippen LogP contribution in [-0.2, 0) is 17.9 Å². The molecule has 0 fully saturated rings. The van der Waals surface area contributed by atoms with Crippen molar-refractivity contribution in [2.24, 2.45) is 0 Å². The van der Waals surface area contributed by atoms with Gasteiger partial charge in [0.15, 0.2) is 0 Å². The minimum atomic E-state index is -0.949. The second-order valence-corrected chi connectivity index (χ2v) is 5.61. The summed E-state index contributed by atoms with van der Waals surface area (Å²) in [7, 11) is 0. The molecular formula is C18H15F2N3O3. The van der Waals surface area contributed by atoms with E-state index in [4.69, 9.17) is 0 Å². The molecule has 0 aliphatic rings. The first-order chi connectivity index (χ1) is 12.4. The molecule has 0 atom stereocenters. The number of para-hydroxylation sites is 1. The molecule has 3 rings (SSSR count). The monoisotopic (exact) mass is 359 g/mol. The number of hydrogen-bond acceptors (Lipinski definition) is 3. The zero-order valence-corrected chi connectivity index (χ0v) is 13.8. The van der Waals surface area contributed by atoms with Gasteiger partial charge in [-0.05, 0) is 31.2 Å². The molecule has 0 radical (unpaired) electrons. The standard InChI is InChI=1S/C18H15F2N3O3/c1-2-22-15-6-4-3-5-12(15)17(25)23(18(22)26)10-16(24)21-14-8-7-11(19)9-13(14)20/h3-9H,2,10H2,1H3,(H,21,24). The van der Waals surface area contributed by atoms with Gasteiger partial charge < -0.3 is 5.32 Å². The Labute approximate surface area is 146 Å². The van der Waals surface area contributed by atoms with Crippen molar-refractivity contribution in [3.05, 3.63) is 74.9 Å². The van der Waals surface area contributed by atoms with Gasteiger partial charge in [-0.15, -0.1) is 0 Å². The number of amides is 1. The van der Waals surface area contributed by atoms with Crippen LogP contribution in [0.1, 0.15) is 6.92 Å². The highest BCUT2D eigenvalue weighted by atomic mass is 19.1. The third-order valence-electron chi connectivity index (χ3n) is 3.96. The molecule has 1 amide bonds. The van der Waals surface area contributed by atoms with Crippen molar-refractivity contribution in [2.75, 3.05) is 5.32 Å². The number of nitrogens with zero attached hydrogens (tertiary/aromatic N) is 2. The first-order valence-corrected chi connectivity index (χ1v) is 7.89. The van der Waals surface area contributed by atoms with Crippen LogP contribution in [-0.4, -0.2) is 15.0 Å². The molecule has 8 heteroatoms. The summed E-state index contributed by atoms with van der Waals surface area (Å²) in [5.74, 6) is -2.50. The van der Waals surface area contributed by atoms with Crippen molar-refractivity contribution in [3.63, 3.8) is 0 Å². The SMILES string of the molecule is CCn1c(=O)n(CC(=O)Nc2ccc(F)cc2F)c(=O)c2ccccc21. The molecule has 26 heavy (non-hydrogen) atoms. The van der Waals surface area contributed by atoms with Crippen LogP contribution >= 0.6 is 0 Å². The highest BCUT2D eigenvalue weighted by Gasteiger charge is 2.15. The number of halogens is 2. The van der Waals surface area contributed by atoms with Gasteiger partial charge in [0.25, 0.3) is 5.56 Å². The summed E-state index contributed by atoms with van der Waals surface area (Å²) in [6.07, 6.45) is 0. The van der Waals surface area contributed by atoms with Crippen LogP contribution in [0.4, 0.5) is 14.5 Å².